The largest absolute Gasteiger partial charge is 0.447 e. The van der Waals surface area contributed by atoms with Crippen molar-refractivity contribution < 1.29 is 14.3 Å². The maximum atomic E-state index is 12.5. The Morgan fingerprint density at radius 2 is 2.00 bits per heavy atom. The summed E-state index contributed by atoms with van der Waals surface area (Å²) in [6.07, 6.45) is 1.47. The molecule has 1 atom stereocenters. The molecule has 0 spiro atoms. The van der Waals surface area contributed by atoms with Crippen LogP contribution in [0.25, 0.3) is 0 Å². The van der Waals surface area contributed by atoms with E-state index in [9.17, 15) is 9.59 Å². The number of hydrogen-bond donors (Lipinski definition) is 1. The number of thiazole rings is 1. The van der Waals surface area contributed by atoms with Crippen LogP contribution in [0.2, 0.25) is 0 Å². The summed E-state index contributed by atoms with van der Waals surface area (Å²) in [6.45, 7) is 7.01. The average Bonchev–Trinajstić information content (AvgIpc) is 3.23. The predicted molar refractivity (Wildman–Crippen MR) is 98.4 cm³/mol. The fraction of sp³-hybridized carbons (Fsp3) is 0.389. The van der Waals surface area contributed by atoms with Gasteiger partial charge in [0.25, 0.3) is 0 Å². The molecule has 0 radical (unpaired) electrons. The second-order valence-electron chi connectivity index (χ2n) is 6.29. The number of anilines is 2. The highest BCUT2D eigenvalue weighted by Gasteiger charge is 2.24. The van der Waals surface area contributed by atoms with Gasteiger partial charge in [-0.2, -0.15) is 0 Å². The van der Waals surface area contributed by atoms with Crippen molar-refractivity contribution in [3.63, 3.8) is 0 Å². The van der Waals surface area contributed by atoms with E-state index in [0.717, 1.165) is 16.1 Å². The lowest BCUT2D eigenvalue weighted by Crippen LogP contribution is -2.23. The van der Waals surface area contributed by atoms with Gasteiger partial charge >= 0.3 is 6.09 Å². The molecule has 0 unspecified atom stereocenters. The molecular formula is C18H21N3O3S. The van der Waals surface area contributed by atoms with Crippen molar-refractivity contribution in [2.24, 2.45) is 0 Å². The molecule has 2 amide bonds. The molecule has 132 valence electrons. The van der Waals surface area contributed by atoms with Gasteiger partial charge in [0.15, 0.2) is 5.13 Å². The lowest BCUT2D eigenvalue weighted by molar-refractivity contribution is -0.117. The number of amides is 2. The molecule has 0 aliphatic carbocycles. The quantitative estimate of drug-likeness (QED) is 0.877. The smallest absolute Gasteiger partial charge is 0.414 e. The topological polar surface area (TPSA) is 71.5 Å². The Morgan fingerprint density at radius 1 is 1.28 bits per heavy atom. The minimum absolute atomic E-state index is 0.0991. The van der Waals surface area contributed by atoms with Crippen molar-refractivity contribution in [3.8, 4) is 0 Å². The summed E-state index contributed by atoms with van der Waals surface area (Å²) in [5.41, 5.74) is 1.66. The van der Waals surface area contributed by atoms with E-state index in [2.05, 4.69) is 24.1 Å². The molecule has 2 aromatic rings. The fourth-order valence-electron chi connectivity index (χ4n) is 2.55. The zero-order valence-corrected chi connectivity index (χ0v) is 15.3. The lowest BCUT2D eigenvalue weighted by Gasteiger charge is -2.15. The molecule has 7 heteroatoms. The zero-order chi connectivity index (χ0) is 18.0. The van der Waals surface area contributed by atoms with Crippen LogP contribution in [0.4, 0.5) is 15.6 Å². The summed E-state index contributed by atoms with van der Waals surface area (Å²) in [4.78, 5) is 31.0. The standard InChI is InChI=1S/C18H21N3O3S/c1-11(2)15-10-19-17(25-15)20-16(22)12(3)13-4-6-14(7-5-13)21-8-9-24-18(21)23/h4-7,10-12H,8-9H2,1-3H3,(H,19,20,22)/t12-/m1/s1. The van der Waals surface area contributed by atoms with E-state index in [0.29, 0.717) is 24.2 Å². The highest BCUT2D eigenvalue weighted by molar-refractivity contribution is 7.15. The van der Waals surface area contributed by atoms with Crippen molar-refractivity contribution in [3.05, 3.63) is 40.9 Å². The van der Waals surface area contributed by atoms with E-state index in [1.54, 1.807) is 11.1 Å². The van der Waals surface area contributed by atoms with Crippen molar-refractivity contribution in [2.75, 3.05) is 23.4 Å². The van der Waals surface area contributed by atoms with Gasteiger partial charge in [0.2, 0.25) is 5.91 Å². The van der Waals surface area contributed by atoms with E-state index < -0.39 is 0 Å². The van der Waals surface area contributed by atoms with Gasteiger partial charge in [-0.05, 0) is 30.5 Å². The maximum absolute atomic E-state index is 12.5. The normalized spacial score (nSPS) is 15.4. The number of ether oxygens (including phenoxy) is 1. The van der Waals surface area contributed by atoms with Crippen LogP contribution in [0.15, 0.2) is 30.5 Å². The Labute approximate surface area is 150 Å². The molecule has 25 heavy (non-hydrogen) atoms. The third-order valence-electron chi connectivity index (χ3n) is 4.18. The molecule has 1 N–H and O–H groups in total. The summed E-state index contributed by atoms with van der Waals surface area (Å²) >= 11 is 1.50. The van der Waals surface area contributed by atoms with Gasteiger partial charge < -0.3 is 10.1 Å². The van der Waals surface area contributed by atoms with E-state index in [1.807, 2.05) is 31.2 Å². The Balaban J connectivity index is 1.66. The molecule has 1 aromatic heterocycles. The molecule has 3 rings (SSSR count). The second-order valence-corrected chi connectivity index (χ2v) is 7.35. The summed E-state index contributed by atoms with van der Waals surface area (Å²) in [5, 5.41) is 3.50. The number of benzene rings is 1. The number of nitrogens with zero attached hydrogens (tertiary/aromatic N) is 2. The van der Waals surface area contributed by atoms with Crippen LogP contribution < -0.4 is 10.2 Å². The van der Waals surface area contributed by atoms with Gasteiger partial charge in [0, 0.05) is 16.8 Å². The van der Waals surface area contributed by atoms with Crippen LogP contribution in [-0.4, -0.2) is 30.1 Å². The predicted octanol–water partition coefficient (Wildman–Crippen LogP) is 3.97. The Kier molecular flexibility index (Phi) is 5.03. The fourth-order valence-corrected chi connectivity index (χ4v) is 3.37. The van der Waals surface area contributed by atoms with Gasteiger partial charge in [-0.1, -0.05) is 26.0 Å². The van der Waals surface area contributed by atoms with Crippen LogP contribution in [-0.2, 0) is 9.53 Å². The molecule has 6 nitrogen and oxygen atoms in total. The summed E-state index contributed by atoms with van der Waals surface area (Å²) < 4.78 is 4.94. The van der Waals surface area contributed by atoms with Crippen molar-refractivity contribution in [2.45, 2.75) is 32.6 Å². The number of nitrogens with one attached hydrogen (secondary N) is 1. The van der Waals surface area contributed by atoms with Crippen molar-refractivity contribution in [1.82, 2.24) is 4.98 Å². The highest BCUT2D eigenvalue weighted by atomic mass is 32.1. The van der Waals surface area contributed by atoms with E-state index in [-0.39, 0.29) is 17.9 Å². The Bertz CT molecular complexity index is 770. The van der Waals surface area contributed by atoms with Crippen LogP contribution in [0.5, 0.6) is 0 Å². The lowest BCUT2D eigenvalue weighted by atomic mass is 10.00. The number of cyclic esters (lactones) is 1. The number of rotatable bonds is 5. The average molecular weight is 359 g/mol. The van der Waals surface area contributed by atoms with E-state index in [1.165, 1.54) is 11.3 Å². The first-order valence-electron chi connectivity index (χ1n) is 8.26. The first-order valence-corrected chi connectivity index (χ1v) is 9.08. The van der Waals surface area contributed by atoms with Crippen LogP contribution in [0, 0.1) is 0 Å². The third kappa shape index (κ3) is 3.82. The zero-order valence-electron chi connectivity index (χ0n) is 14.5. The minimum Gasteiger partial charge on any atom is -0.447 e. The van der Waals surface area contributed by atoms with Crippen LogP contribution >= 0.6 is 11.3 Å². The van der Waals surface area contributed by atoms with E-state index >= 15 is 0 Å². The molecule has 1 saturated heterocycles. The van der Waals surface area contributed by atoms with Crippen molar-refractivity contribution >= 4 is 34.2 Å². The summed E-state index contributed by atoms with van der Waals surface area (Å²) in [5.74, 6) is -0.0191. The first kappa shape index (κ1) is 17.4. The number of aromatic nitrogens is 1. The van der Waals surface area contributed by atoms with Gasteiger partial charge in [0.1, 0.15) is 6.61 Å². The SMILES string of the molecule is CC(C)c1cnc(NC(=O)[C@H](C)c2ccc(N3CCOC3=O)cc2)s1. The Morgan fingerprint density at radius 3 is 2.56 bits per heavy atom. The first-order chi connectivity index (χ1) is 12.0. The van der Waals surface area contributed by atoms with Crippen LogP contribution in [0.1, 0.15) is 43.0 Å². The molecular weight excluding hydrogens is 338 g/mol. The number of carbonyl (C=O) groups excluding carboxylic acids is 2. The molecule has 0 saturated carbocycles. The number of hydrogen-bond acceptors (Lipinski definition) is 5. The van der Waals surface area contributed by atoms with E-state index in [4.69, 9.17) is 4.74 Å². The minimum atomic E-state index is -0.330. The Hall–Kier alpha value is -2.41. The van der Waals surface area contributed by atoms with Crippen molar-refractivity contribution in [1.29, 1.82) is 0 Å². The number of carbonyl (C=O) groups is 2. The molecule has 2 heterocycles. The van der Waals surface area contributed by atoms with Gasteiger partial charge in [-0.15, -0.1) is 11.3 Å². The van der Waals surface area contributed by atoms with Crippen LogP contribution in [0.3, 0.4) is 0 Å². The molecule has 0 bridgehead atoms. The summed E-state index contributed by atoms with van der Waals surface area (Å²) in [6, 6.07) is 7.41. The molecule has 1 aliphatic rings. The second kappa shape index (κ2) is 7.23. The van der Waals surface area contributed by atoms with Gasteiger partial charge in [-0.3, -0.25) is 9.69 Å². The van der Waals surface area contributed by atoms with Gasteiger partial charge in [-0.25, -0.2) is 9.78 Å². The monoisotopic (exact) mass is 359 g/mol. The third-order valence-corrected chi connectivity index (χ3v) is 5.39. The molecule has 1 fully saturated rings. The van der Waals surface area contributed by atoms with Gasteiger partial charge in [0.05, 0.1) is 12.5 Å². The summed E-state index contributed by atoms with van der Waals surface area (Å²) in [7, 11) is 0. The molecule has 1 aliphatic heterocycles. The highest BCUT2D eigenvalue weighted by Crippen LogP contribution is 2.27. The molecule has 1 aromatic carbocycles. The maximum Gasteiger partial charge on any atom is 0.414 e.